The number of carbonyl (C=O) groups is 1. The second-order valence-electron chi connectivity index (χ2n) is 4.74. The van der Waals surface area contributed by atoms with Gasteiger partial charge in [-0.05, 0) is 25.8 Å². The average molecular weight is 305 g/mol. The monoisotopic (exact) mass is 304 g/mol. The van der Waals surface area contributed by atoms with Crippen molar-refractivity contribution in [2.24, 2.45) is 0 Å². The number of aromatic nitrogens is 1. The van der Waals surface area contributed by atoms with E-state index in [-0.39, 0.29) is 16.8 Å². The SMILES string of the molecule is CCn1cc(S(=O)(=O)Cl)cc1C(=O)NC1CCCC1. The maximum atomic E-state index is 12.2. The summed E-state index contributed by atoms with van der Waals surface area (Å²) in [4.78, 5) is 12.1. The number of nitrogens with zero attached hydrogens (tertiary/aromatic N) is 1. The molecule has 1 saturated carbocycles. The first-order valence-corrected chi connectivity index (χ1v) is 8.68. The Balaban J connectivity index is 2.22. The minimum atomic E-state index is -3.80. The van der Waals surface area contributed by atoms with Gasteiger partial charge in [0.05, 0.1) is 0 Å². The normalized spacial score (nSPS) is 16.7. The van der Waals surface area contributed by atoms with Crippen molar-refractivity contribution in [1.82, 2.24) is 9.88 Å². The highest BCUT2D eigenvalue weighted by atomic mass is 35.7. The Labute approximate surface area is 117 Å². The quantitative estimate of drug-likeness (QED) is 0.866. The summed E-state index contributed by atoms with van der Waals surface area (Å²) < 4.78 is 24.2. The minimum absolute atomic E-state index is 0.0346. The van der Waals surface area contributed by atoms with Gasteiger partial charge in [-0.15, -0.1) is 0 Å². The lowest BCUT2D eigenvalue weighted by molar-refractivity contribution is 0.0928. The maximum Gasteiger partial charge on any atom is 0.268 e. The number of hydrogen-bond acceptors (Lipinski definition) is 3. The number of hydrogen-bond donors (Lipinski definition) is 1. The summed E-state index contributed by atoms with van der Waals surface area (Å²) in [5, 5.41) is 2.94. The molecule has 0 atom stereocenters. The van der Waals surface area contributed by atoms with Crippen molar-refractivity contribution in [3.63, 3.8) is 0 Å². The first kappa shape index (κ1) is 14.4. The van der Waals surface area contributed by atoms with Crippen molar-refractivity contribution in [3.05, 3.63) is 18.0 Å². The van der Waals surface area contributed by atoms with E-state index in [9.17, 15) is 13.2 Å². The molecular formula is C12H17ClN2O3S. The maximum absolute atomic E-state index is 12.2. The summed E-state index contributed by atoms with van der Waals surface area (Å²) in [5.41, 5.74) is 0.341. The molecule has 0 saturated heterocycles. The Morgan fingerprint density at radius 1 is 1.47 bits per heavy atom. The lowest BCUT2D eigenvalue weighted by Gasteiger charge is -2.12. The molecule has 19 heavy (non-hydrogen) atoms. The number of halogens is 1. The number of nitrogens with one attached hydrogen (secondary N) is 1. The van der Waals surface area contributed by atoms with Crippen molar-refractivity contribution >= 4 is 25.6 Å². The molecule has 0 unspecified atom stereocenters. The highest BCUT2D eigenvalue weighted by Crippen LogP contribution is 2.21. The Morgan fingerprint density at radius 2 is 2.11 bits per heavy atom. The molecule has 0 aliphatic heterocycles. The molecule has 0 aromatic carbocycles. The predicted molar refractivity (Wildman–Crippen MR) is 72.9 cm³/mol. The number of aryl methyl sites for hydroxylation is 1. The summed E-state index contributed by atoms with van der Waals surface area (Å²) in [6, 6.07) is 1.53. The summed E-state index contributed by atoms with van der Waals surface area (Å²) in [6.07, 6.45) is 5.62. The van der Waals surface area contributed by atoms with Gasteiger partial charge in [-0.2, -0.15) is 0 Å². The first-order valence-electron chi connectivity index (χ1n) is 6.37. The minimum Gasteiger partial charge on any atom is -0.348 e. The van der Waals surface area contributed by atoms with Crippen molar-refractivity contribution in [1.29, 1.82) is 0 Å². The zero-order chi connectivity index (χ0) is 14.0. The average Bonchev–Trinajstić information content (AvgIpc) is 2.95. The molecule has 1 aliphatic rings. The van der Waals surface area contributed by atoms with Gasteiger partial charge in [0.1, 0.15) is 10.6 Å². The summed E-state index contributed by atoms with van der Waals surface area (Å²) in [6.45, 7) is 2.36. The fourth-order valence-electron chi connectivity index (χ4n) is 2.40. The molecule has 1 aromatic rings. The van der Waals surface area contributed by atoms with Gasteiger partial charge >= 0.3 is 0 Å². The summed E-state index contributed by atoms with van der Waals surface area (Å²) >= 11 is 0. The van der Waals surface area contributed by atoms with Gasteiger partial charge in [0.2, 0.25) is 0 Å². The molecule has 0 spiro atoms. The molecule has 5 nitrogen and oxygen atoms in total. The van der Waals surface area contributed by atoms with Gasteiger partial charge < -0.3 is 9.88 Å². The lowest BCUT2D eigenvalue weighted by Crippen LogP contribution is -2.33. The van der Waals surface area contributed by atoms with Crippen LogP contribution in [0.3, 0.4) is 0 Å². The van der Waals surface area contributed by atoms with Crippen molar-refractivity contribution in [2.45, 2.75) is 50.1 Å². The number of amides is 1. The molecule has 106 valence electrons. The Kier molecular flexibility index (Phi) is 4.20. The van der Waals surface area contributed by atoms with Crippen LogP contribution >= 0.6 is 10.7 Å². The lowest BCUT2D eigenvalue weighted by atomic mass is 10.2. The molecule has 0 radical (unpaired) electrons. The van der Waals surface area contributed by atoms with E-state index < -0.39 is 9.05 Å². The van der Waals surface area contributed by atoms with Crippen LogP contribution in [-0.2, 0) is 15.6 Å². The molecule has 2 rings (SSSR count). The standard InChI is InChI=1S/C12H17ClN2O3S/c1-2-15-8-10(19(13,17)18)7-11(15)12(16)14-9-5-3-4-6-9/h7-9H,2-6H2,1H3,(H,14,16). The van der Waals surface area contributed by atoms with Crippen LogP contribution in [0.2, 0.25) is 0 Å². The van der Waals surface area contributed by atoms with Gasteiger partial charge in [-0.3, -0.25) is 4.79 Å². The van der Waals surface area contributed by atoms with Gasteiger partial charge in [-0.1, -0.05) is 12.8 Å². The van der Waals surface area contributed by atoms with E-state index in [4.69, 9.17) is 10.7 Å². The summed E-state index contributed by atoms with van der Waals surface area (Å²) in [7, 11) is 1.50. The fourth-order valence-corrected chi connectivity index (χ4v) is 3.16. The van der Waals surface area contributed by atoms with Gasteiger partial charge in [-0.25, -0.2) is 8.42 Å². The molecule has 1 amide bonds. The summed E-state index contributed by atoms with van der Waals surface area (Å²) in [5.74, 6) is -0.236. The molecule has 7 heteroatoms. The molecule has 0 bridgehead atoms. The highest BCUT2D eigenvalue weighted by Gasteiger charge is 2.22. The van der Waals surface area contributed by atoms with Crippen LogP contribution in [0.15, 0.2) is 17.2 Å². The van der Waals surface area contributed by atoms with E-state index in [1.165, 1.54) is 12.3 Å². The van der Waals surface area contributed by atoms with Crippen molar-refractivity contribution < 1.29 is 13.2 Å². The predicted octanol–water partition coefficient (Wildman–Crippen LogP) is 2.11. The van der Waals surface area contributed by atoms with Gasteiger partial charge in [0.15, 0.2) is 0 Å². The van der Waals surface area contributed by atoms with E-state index in [1.807, 2.05) is 6.92 Å². The van der Waals surface area contributed by atoms with E-state index in [1.54, 1.807) is 4.57 Å². The Bertz CT molecular complexity index is 574. The zero-order valence-electron chi connectivity index (χ0n) is 10.7. The number of carbonyl (C=O) groups excluding carboxylic acids is 1. The van der Waals surface area contributed by atoms with Crippen molar-refractivity contribution in [3.8, 4) is 0 Å². The van der Waals surface area contributed by atoms with Crippen LogP contribution in [0.4, 0.5) is 0 Å². The van der Waals surface area contributed by atoms with E-state index >= 15 is 0 Å². The molecular weight excluding hydrogens is 288 g/mol. The Hall–Kier alpha value is -1.01. The molecule has 1 N–H and O–H groups in total. The van der Waals surface area contributed by atoms with E-state index in [2.05, 4.69) is 5.32 Å². The van der Waals surface area contributed by atoms with Crippen LogP contribution in [-0.4, -0.2) is 24.9 Å². The Morgan fingerprint density at radius 3 is 2.63 bits per heavy atom. The second kappa shape index (κ2) is 5.54. The molecule has 1 heterocycles. The third kappa shape index (κ3) is 3.30. The van der Waals surface area contributed by atoms with Gasteiger partial charge in [0, 0.05) is 29.5 Å². The van der Waals surface area contributed by atoms with Crippen LogP contribution < -0.4 is 5.32 Å². The van der Waals surface area contributed by atoms with Crippen LogP contribution in [0.1, 0.15) is 43.1 Å². The van der Waals surface area contributed by atoms with E-state index in [0.717, 1.165) is 25.7 Å². The van der Waals surface area contributed by atoms with Crippen LogP contribution in [0.25, 0.3) is 0 Å². The molecule has 1 fully saturated rings. The van der Waals surface area contributed by atoms with Crippen LogP contribution in [0.5, 0.6) is 0 Å². The molecule has 1 aliphatic carbocycles. The topological polar surface area (TPSA) is 68.2 Å². The van der Waals surface area contributed by atoms with E-state index in [0.29, 0.717) is 12.2 Å². The first-order chi connectivity index (χ1) is 8.91. The third-order valence-electron chi connectivity index (χ3n) is 3.42. The zero-order valence-corrected chi connectivity index (χ0v) is 12.3. The van der Waals surface area contributed by atoms with Crippen LogP contribution in [0, 0.1) is 0 Å². The highest BCUT2D eigenvalue weighted by molar-refractivity contribution is 8.13. The smallest absolute Gasteiger partial charge is 0.268 e. The van der Waals surface area contributed by atoms with Gasteiger partial charge in [0.25, 0.3) is 15.0 Å². The largest absolute Gasteiger partial charge is 0.348 e. The number of rotatable bonds is 4. The third-order valence-corrected chi connectivity index (χ3v) is 4.74. The van der Waals surface area contributed by atoms with Crippen molar-refractivity contribution in [2.75, 3.05) is 0 Å². The second-order valence-corrected chi connectivity index (χ2v) is 7.31. The molecule has 1 aromatic heterocycles. The fraction of sp³-hybridized carbons (Fsp3) is 0.583.